The van der Waals surface area contributed by atoms with Crippen LogP contribution in [0.4, 0.5) is 0 Å². The fourth-order valence-corrected chi connectivity index (χ4v) is 10.2. The maximum atomic E-state index is 4.78. The van der Waals surface area contributed by atoms with Gasteiger partial charge in [0, 0.05) is 0 Å². The fraction of sp³-hybridized carbons (Fsp3) is 0.857. The zero-order valence-electron chi connectivity index (χ0n) is 23.1. The molecule has 0 heterocycles. The average molecular weight is 466 g/mol. The van der Waals surface area contributed by atoms with E-state index in [0.29, 0.717) is 0 Å². The van der Waals surface area contributed by atoms with Crippen LogP contribution < -0.4 is 0 Å². The van der Waals surface area contributed by atoms with Crippen molar-refractivity contribution >= 4 is 8.56 Å². The van der Waals surface area contributed by atoms with E-state index < -0.39 is 8.56 Å². The first-order valence-corrected chi connectivity index (χ1v) is 16.0. The van der Waals surface area contributed by atoms with E-state index in [-0.39, 0.29) is 0 Å². The van der Waals surface area contributed by atoms with Gasteiger partial charge in [0.1, 0.15) is 0 Å². The maximum Gasteiger partial charge on any atom is 0.322 e. The molecule has 0 N–H and O–H groups in total. The van der Waals surface area contributed by atoms with Gasteiger partial charge in [-0.1, -0.05) is 99.3 Å². The highest BCUT2D eigenvalue weighted by molar-refractivity contribution is 6.79. The summed E-state index contributed by atoms with van der Waals surface area (Å²) in [6.07, 6.45) is 17.3. The van der Waals surface area contributed by atoms with Crippen molar-refractivity contribution in [3.8, 4) is 0 Å². The molecule has 0 unspecified atom stereocenters. The lowest BCUT2D eigenvalue weighted by Crippen LogP contribution is -2.77. The molecule has 0 bridgehead atoms. The van der Waals surface area contributed by atoms with Crippen LogP contribution in [-0.2, 0) is 0 Å². The second-order valence-corrected chi connectivity index (χ2v) is 13.3. The molecule has 0 saturated carbocycles. The molecular weight excluding hydrogens is 406 g/mol. The van der Waals surface area contributed by atoms with Gasteiger partial charge < -0.3 is 0 Å². The van der Waals surface area contributed by atoms with Crippen molar-refractivity contribution in [2.24, 2.45) is 0 Å². The first-order chi connectivity index (χ1) is 15.5. The number of rotatable bonds is 23. The van der Waals surface area contributed by atoms with Gasteiger partial charge in [0.15, 0.2) is 0 Å². The predicted octanol–water partition coefficient (Wildman–Crippen LogP) is 7.91. The highest BCUT2D eigenvalue weighted by Gasteiger charge is 2.51. The average Bonchev–Trinajstić information content (AvgIpc) is 2.81. The molecule has 0 aliphatic heterocycles. The maximum absolute atomic E-state index is 4.78. The summed E-state index contributed by atoms with van der Waals surface area (Å²) < 4.78 is 8.84. The topological polar surface area (TPSA) is 9.72 Å². The van der Waals surface area contributed by atoms with Crippen LogP contribution in [0, 0.1) is 0 Å². The summed E-state index contributed by atoms with van der Waals surface area (Å²) >= 11 is 0. The quantitative estimate of drug-likeness (QED) is 0.112. The van der Waals surface area contributed by atoms with Gasteiger partial charge in [0.2, 0.25) is 0 Å². The van der Waals surface area contributed by atoms with E-state index in [0.717, 1.165) is 0 Å². The van der Waals surface area contributed by atoms with Gasteiger partial charge in [-0.25, -0.2) is 0 Å². The van der Waals surface area contributed by atoms with E-state index in [4.69, 9.17) is 6.58 Å². The minimum Gasteiger partial charge on any atom is -0.296 e. The molecule has 0 aliphatic rings. The molecule has 0 radical (unpaired) electrons. The van der Waals surface area contributed by atoms with Crippen molar-refractivity contribution in [3.05, 3.63) is 24.4 Å². The molecular formula is C28H59N3Si. The lowest BCUT2D eigenvalue weighted by molar-refractivity contribution is 0.231. The summed E-state index contributed by atoms with van der Waals surface area (Å²) in [7, 11) is -2.32. The third kappa shape index (κ3) is 9.83. The van der Waals surface area contributed by atoms with Crippen LogP contribution in [0.25, 0.3) is 0 Å². The highest BCUT2D eigenvalue weighted by atomic mass is 28.4. The van der Waals surface area contributed by atoms with Gasteiger partial charge in [-0.15, -0.1) is 0 Å². The van der Waals surface area contributed by atoms with Crippen molar-refractivity contribution in [2.75, 3.05) is 39.3 Å². The number of unbranched alkanes of at least 4 members (excludes halogenated alkanes) is 6. The Morgan fingerprint density at radius 1 is 0.531 bits per heavy atom. The molecule has 0 rings (SSSR count). The molecule has 0 aromatic heterocycles. The van der Waals surface area contributed by atoms with Crippen molar-refractivity contribution in [1.29, 1.82) is 0 Å². The number of nitrogens with zero attached hydrogens (tertiary/aromatic N) is 3. The lowest BCUT2D eigenvalue weighted by atomic mass is 10.3. The van der Waals surface area contributed by atoms with Crippen molar-refractivity contribution in [1.82, 2.24) is 13.7 Å². The SMILES string of the molecule is C=CC(=C)[Si](N(CCCC)CCCC)(N(CCCC)CCCC)N(CCCC)CCCC. The molecule has 32 heavy (non-hydrogen) atoms. The van der Waals surface area contributed by atoms with Gasteiger partial charge in [-0.05, 0) is 83.0 Å². The smallest absolute Gasteiger partial charge is 0.296 e. The van der Waals surface area contributed by atoms with E-state index >= 15 is 0 Å². The minimum atomic E-state index is -2.32. The van der Waals surface area contributed by atoms with Crippen LogP contribution in [0.2, 0.25) is 0 Å². The molecule has 0 saturated heterocycles. The van der Waals surface area contributed by atoms with Crippen LogP contribution in [0.5, 0.6) is 0 Å². The van der Waals surface area contributed by atoms with Crippen LogP contribution in [0.1, 0.15) is 119 Å². The van der Waals surface area contributed by atoms with Gasteiger partial charge in [-0.2, -0.15) is 0 Å². The van der Waals surface area contributed by atoms with Gasteiger partial charge in [0.05, 0.1) is 0 Å². The van der Waals surface area contributed by atoms with Gasteiger partial charge >= 0.3 is 8.56 Å². The van der Waals surface area contributed by atoms with Crippen molar-refractivity contribution < 1.29 is 0 Å². The summed E-state index contributed by atoms with van der Waals surface area (Å²) in [5.74, 6) is 0. The minimum absolute atomic E-state index is 1.19. The first-order valence-electron chi connectivity index (χ1n) is 14.1. The molecule has 3 nitrogen and oxygen atoms in total. The van der Waals surface area contributed by atoms with Crippen molar-refractivity contribution in [2.45, 2.75) is 119 Å². The molecule has 0 spiro atoms. The Kier molecular flexibility index (Phi) is 19.7. The molecule has 0 aromatic rings. The summed E-state index contributed by atoms with van der Waals surface area (Å²) in [5.41, 5.74) is 0. The predicted molar refractivity (Wildman–Crippen MR) is 149 cm³/mol. The molecule has 0 atom stereocenters. The monoisotopic (exact) mass is 465 g/mol. The normalized spacial score (nSPS) is 12.3. The van der Waals surface area contributed by atoms with Crippen molar-refractivity contribution in [3.63, 3.8) is 0 Å². The highest BCUT2D eigenvalue weighted by Crippen LogP contribution is 2.31. The molecule has 190 valence electrons. The second kappa shape index (κ2) is 20.0. The van der Waals surface area contributed by atoms with Crippen LogP contribution in [0.15, 0.2) is 24.4 Å². The molecule has 0 aromatic carbocycles. The summed E-state index contributed by atoms with van der Waals surface area (Å²) in [4.78, 5) is 0. The second-order valence-electron chi connectivity index (χ2n) is 9.45. The zero-order valence-corrected chi connectivity index (χ0v) is 24.1. The Hall–Kier alpha value is -0.423. The first kappa shape index (κ1) is 31.6. The molecule has 0 aliphatic carbocycles. The molecule has 4 heteroatoms. The third-order valence-corrected chi connectivity index (χ3v) is 11.7. The lowest BCUT2D eigenvalue weighted by Gasteiger charge is -2.55. The number of hydrogen-bond donors (Lipinski definition) is 0. The summed E-state index contributed by atoms with van der Waals surface area (Å²) in [6, 6.07) is 0. The van der Waals surface area contributed by atoms with E-state index in [1.807, 2.05) is 0 Å². The van der Waals surface area contributed by atoms with Crippen LogP contribution in [0.3, 0.4) is 0 Å². The Balaban J connectivity index is 6.76. The van der Waals surface area contributed by atoms with E-state index in [1.54, 1.807) is 0 Å². The third-order valence-electron chi connectivity index (χ3n) is 6.69. The standard InChI is InChI=1S/C28H59N3Si/c1-9-16-22-29(23-17-10-2)32(28(8)15-7,30(24-18-11-3)25-19-12-4)31(26-20-13-5)27-21-14-6/h15H,7-14,16-27H2,1-6H3. The van der Waals surface area contributed by atoms with Gasteiger partial charge in [-0.3, -0.25) is 13.7 Å². The Labute approximate surface area is 204 Å². The Morgan fingerprint density at radius 2 is 0.750 bits per heavy atom. The zero-order chi connectivity index (χ0) is 24.2. The largest absolute Gasteiger partial charge is 0.322 e. The van der Waals surface area contributed by atoms with E-state index in [1.165, 1.54) is 122 Å². The number of hydrogen-bond acceptors (Lipinski definition) is 3. The van der Waals surface area contributed by atoms with Crippen LogP contribution >= 0.6 is 0 Å². The van der Waals surface area contributed by atoms with Crippen LogP contribution in [-0.4, -0.2) is 61.5 Å². The van der Waals surface area contributed by atoms with Gasteiger partial charge in [0.25, 0.3) is 0 Å². The molecule has 0 amide bonds. The van der Waals surface area contributed by atoms with E-state index in [9.17, 15) is 0 Å². The fourth-order valence-electron chi connectivity index (χ4n) is 4.71. The Morgan fingerprint density at radius 3 is 0.906 bits per heavy atom. The summed E-state index contributed by atoms with van der Waals surface area (Å²) in [5, 5.41) is 1.32. The Bertz CT molecular complexity index is 391. The number of allylic oxidation sites excluding steroid dienone is 2. The summed E-state index contributed by atoms with van der Waals surface area (Å²) in [6.45, 7) is 30.3. The van der Waals surface area contributed by atoms with E-state index in [2.05, 4.69) is 67.9 Å². The molecule has 0 fully saturated rings.